The van der Waals surface area contributed by atoms with E-state index in [-0.39, 0.29) is 0 Å². The molecule has 1 atom stereocenters. The number of phenolic OH excluding ortho intramolecular Hbond substituents is 1. The summed E-state index contributed by atoms with van der Waals surface area (Å²) < 4.78 is 0. The van der Waals surface area contributed by atoms with E-state index in [1.807, 2.05) is 12.1 Å². The third kappa shape index (κ3) is 2.99. The second kappa shape index (κ2) is 4.88. The number of phenols is 1. The van der Waals surface area contributed by atoms with Crippen molar-refractivity contribution in [2.75, 3.05) is 6.54 Å². The molecule has 1 unspecified atom stereocenters. The summed E-state index contributed by atoms with van der Waals surface area (Å²) in [6.45, 7) is 3.46. The molecule has 1 aliphatic rings. The lowest BCUT2D eigenvalue weighted by molar-refractivity contribution is 0.261. The maximum absolute atomic E-state index is 9.40. The van der Waals surface area contributed by atoms with E-state index in [1.54, 1.807) is 6.07 Å². The molecule has 1 saturated heterocycles. The van der Waals surface area contributed by atoms with E-state index >= 15 is 0 Å². The van der Waals surface area contributed by atoms with Crippen molar-refractivity contribution < 1.29 is 5.11 Å². The van der Waals surface area contributed by atoms with Crippen LogP contribution in [0.1, 0.15) is 38.2 Å². The van der Waals surface area contributed by atoms with Crippen LogP contribution in [0.4, 0.5) is 0 Å². The van der Waals surface area contributed by atoms with E-state index in [1.165, 1.54) is 24.8 Å². The molecule has 16 heavy (non-hydrogen) atoms. The number of hydrogen-bond donors (Lipinski definition) is 2. The lowest BCUT2D eigenvalue weighted by Gasteiger charge is -2.35. The van der Waals surface area contributed by atoms with E-state index in [0.29, 0.717) is 11.3 Å². The van der Waals surface area contributed by atoms with Crippen LogP contribution in [0.25, 0.3) is 0 Å². The number of aryl methyl sites for hydroxylation is 1. The molecule has 2 heteroatoms. The predicted molar refractivity (Wildman–Crippen MR) is 66.7 cm³/mol. The van der Waals surface area contributed by atoms with Crippen molar-refractivity contribution in [1.29, 1.82) is 0 Å². The monoisotopic (exact) mass is 219 g/mol. The topological polar surface area (TPSA) is 32.3 Å². The highest BCUT2D eigenvalue weighted by Crippen LogP contribution is 2.24. The fourth-order valence-corrected chi connectivity index (χ4v) is 2.46. The Morgan fingerprint density at radius 2 is 2.25 bits per heavy atom. The van der Waals surface area contributed by atoms with Gasteiger partial charge in [0.15, 0.2) is 0 Å². The van der Waals surface area contributed by atoms with E-state index < -0.39 is 0 Å². The Kier molecular flexibility index (Phi) is 3.49. The highest BCUT2D eigenvalue weighted by molar-refractivity contribution is 5.27. The maximum Gasteiger partial charge on any atom is 0.115 e. The minimum absolute atomic E-state index is 0.295. The van der Waals surface area contributed by atoms with Gasteiger partial charge >= 0.3 is 0 Å². The Morgan fingerprint density at radius 3 is 2.94 bits per heavy atom. The summed E-state index contributed by atoms with van der Waals surface area (Å²) in [5, 5.41) is 13.0. The average Bonchev–Trinajstić information content (AvgIpc) is 2.28. The molecule has 1 heterocycles. The first kappa shape index (κ1) is 11.5. The van der Waals surface area contributed by atoms with Crippen molar-refractivity contribution in [2.24, 2.45) is 0 Å². The third-order valence-electron chi connectivity index (χ3n) is 3.58. The van der Waals surface area contributed by atoms with Crippen LogP contribution in [0.3, 0.4) is 0 Å². The zero-order valence-corrected chi connectivity index (χ0v) is 10.00. The summed E-state index contributed by atoms with van der Waals surface area (Å²) in [6, 6.07) is 7.60. The van der Waals surface area contributed by atoms with Gasteiger partial charge in [0.2, 0.25) is 0 Å². The summed E-state index contributed by atoms with van der Waals surface area (Å²) in [4.78, 5) is 0. The molecular formula is C14H21NO. The van der Waals surface area contributed by atoms with Crippen molar-refractivity contribution in [3.05, 3.63) is 29.8 Å². The fourth-order valence-electron chi connectivity index (χ4n) is 2.46. The van der Waals surface area contributed by atoms with Crippen LogP contribution in [0.2, 0.25) is 0 Å². The van der Waals surface area contributed by atoms with E-state index in [0.717, 1.165) is 19.4 Å². The first-order valence-corrected chi connectivity index (χ1v) is 6.21. The molecule has 2 N–H and O–H groups in total. The van der Waals surface area contributed by atoms with Gasteiger partial charge in [0.25, 0.3) is 0 Å². The Labute approximate surface area is 97.7 Å². The van der Waals surface area contributed by atoms with Gasteiger partial charge in [0.1, 0.15) is 5.75 Å². The maximum atomic E-state index is 9.40. The van der Waals surface area contributed by atoms with Crippen molar-refractivity contribution >= 4 is 0 Å². The number of piperidine rings is 1. The Hall–Kier alpha value is -1.02. The molecule has 1 aliphatic heterocycles. The summed E-state index contributed by atoms with van der Waals surface area (Å²) in [5.41, 5.74) is 1.53. The number of benzene rings is 1. The minimum Gasteiger partial charge on any atom is -0.508 e. The van der Waals surface area contributed by atoms with Crippen molar-refractivity contribution in [3.8, 4) is 5.75 Å². The third-order valence-corrected chi connectivity index (χ3v) is 3.58. The molecule has 0 aliphatic carbocycles. The van der Waals surface area contributed by atoms with Crippen LogP contribution in [0.15, 0.2) is 24.3 Å². The molecule has 0 aromatic heterocycles. The highest BCUT2D eigenvalue weighted by atomic mass is 16.3. The van der Waals surface area contributed by atoms with Crippen molar-refractivity contribution in [1.82, 2.24) is 5.32 Å². The number of rotatable bonds is 3. The van der Waals surface area contributed by atoms with Crippen molar-refractivity contribution in [2.45, 2.75) is 44.6 Å². The van der Waals surface area contributed by atoms with E-state index in [2.05, 4.69) is 18.3 Å². The highest BCUT2D eigenvalue weighted by Gasteiger charge is 2.25. The second-order valence-electron chi connectivity index (χ2n) is 5.11. The first-order chi connectivity index (χ1) is 7.68. The molecule has 0 saturated carbocycles. The van der Waals surface area contributed by atoms with Gasteiger partial charge in [-0.15, -0.1) is 0 Å². The molecular weight excluding hydrogens is 198 g/mol. The zero-order chi connectivity index (χ0) is 11.4. The molecule has 2 nitrogen and oxygen atoms in total. The van der Waals surface area contributed by atoms with Gasteiger partial charge in [-0.1, -0.05) is 18.6 Å². The average molecular weight is 219 g/mol. The second-order valence-corrected chi connectivity index (χ2v) is 5.11. The molecule has 0 amide bonds. The van der Waals surface area contributed by atoms with Crippen LogP contribution >= 0.6 is 0 Å². The van der Waals surface area contributed by atoms with Gasteiger partial charge in [-0.25, -0.2) is 0 Å². The first-order valence-electron chi connectivity index (χ1n) is 6.21. The summed E-state index contributed by atoms with van der Waals surface area (Å²) in [7, 11) is 0. The van der Waals surface area contributed by atoms with Gasteiger partial charge < -0.3 is 10.4 Å². The molecule has 0 radical (unpaired) electrons. The molecule has 0 bridgehead atoms. The smallest absolute Gasteiger partial charge is 0.115 e. The number of aromatic hydroxyl groups is 1. The van der Waals surface area contributed by atoms with Crippen LogP contribution in [-0.4, -0.2) is 17.2 Å². The molecule has 0 spiro atoms. The Morgan fingerprint density at radius 1 is 1.38 bits per heavy atom. The summed E-state index contributed by atoms with van der Waals surface area (Å²) >= 11 is 0. The predicted octanol–water partition coefficient (Wildman–Crippen LogP) is 2.86. The SMILES string of the molecule is CC1(CCc2cccc(O)c2)CCCCN1. The molecule has 1 aromatic carbocycles. The standard InChI is InChI=1S/C14H21NO/c1-14(8-2-3-10-15-14)9-7-12-5-4-6-13(16)11-12/h4-6,11,15-16H,2-3,7-10H2,1H3. The van der Waals surface area contributed by atoms with Crippen LogP contribution in [-0.2, 0) is 6.42 Å². The molecule has 1 fully saturated rings. The quantitative estimate of drug-likeness (QED) is 0.819. The largest absolute Gasteiger partial charge is 0.508 e. The Balaban J connectivity index is 1.91. The summed E-state index contributed by atoms with van der Waals surface area (Å²) in [5.74, 6) is 0.374. The molecule has 1 aromatic rings. The lowest BCUT2D eigenvalue weighted by Crippen LogP contribution is -2.46. The molecule has 88 valence electrons. The van der Waals surface area contributed by atoms with Gasteiger partial charge in [-0.3, -0.25) is 0 Å². The normalized spacial score (nSPS) is 25.6. The van der Waals surface area contributed by atoms with Gasteiger partial charge in [-0.2, -0.15) is 0 Å². The zero-order valence-electron chi connectivity index (χ0n) is 10.00. The van der Waals surface area contributed by atoms with Gasteiger partial charge in [0, 0.05) is 5.54 Å². The number of nitrogens with one attached hydrogen (secondary N) is 1. The van der Waals surface area contributed by atoms with Gasteiger partial charge in [-0.05, 0) is 56.8 Å². The minimum atomic E-state index is 0.295. The van der Waals surface area contributed by atoms with Crippen LogP contribution in [0.5, 0.6) is 5.75 Å². The summed E-state index contributed by atoms with van der Waals surface area (Å²) in [6.07, 6.45) is 6.10. The Bertz CT molecular complexity index is 342. The lowest BCUT2D eigenvalue weighted by atomic mass is 9.85. The number of hydrogen-bond acceptors (Lipinski definition) is 2. The molecule has 2 rings (SSSR count). The van der Waals surface area contributed by atoms with Crippen LogP contribution in [0, 0.1) is 0 Å². The van der Waals surface area contributed by atoms with E-state index in [4.69, 9.17) is 0 Å². The van der Waals surface area contributed by atoms with E-state index in [9.17, 15) is 5.11 Å². The van der Waals surface area contributed by atoms with Gasteiger partial charge in [0.05, 0.1) is 0 Å². The van der Waals surface area contributed by atoms with Crippen LogP contribution < -0.4 is 5.32 Å². The fraction of sp³-hybridized carbons (Fsp3) is 0.571. The van der Waals surface area contributed by atoms with Crippen molar-refractivity contribution in [3.63, 3.8) is 0 Å².